The Labute approximate surface area is 90.6 Å². The average molecular weight is 209 g/mol. The van der Waals surface area contributed by atoms with Gasteiger partial charge in [-0.25, -0.2) is 4.98 Å². The zero-order valence-corrected chi connectivity index (χ0v) is 9.44. The number of rotatable bonds is 6. The predicted molar refractivity (Wildman–Crippen MR) is 58.7 cm³/mol. The summed E-state index contributed by atoms with van der Waals surface area (Å²) in [5.74, 6) is 0. The maximum absolute atomic E-state index is 5.15. The molecule has 0 saturated heterocycles. The van der Waals surface area contributed by atoms with Crippen molar-refractivity contribution in [1.29, 1.82) is 0 Å². The Morgan fingerprint density at radius 2 is 2.47 bits per heavy atom. The molecule has 0 aromatic carbocycles. The summed E-state index contributed by atoms with van der Waals surface area (Å²) in [6.07, 6.45) is 6.46. The van der Waals surface area contributed by atoms with Crippen LogP contribution in [0.25, 0.3) is 0 Å². The maximum atomic E-state index is 5.15. The van der Waals surface area contributed by atoms with Gasteiger partial charge < -0.3 is 14.6 Å². The molecule has 1 N–H and O–H groups in total. The van der Waals surface area contributed by atoms with Crippen LogP contribution in [-0.4, -0.2) is 29.3 Å². The van der Waals surface area contributed by atoms with E-state index < -0.39 is 0 Å². The lowest BCUT2D eigenvalue weighted by molar-refractivity contribution is 0.161. The van der Waals surface area contributed by atoms with Crippen molar-refractivity contribution in [1.82, 2.24) is 14.9 Å². The number of nitrogens with one attached hydrogen (secondary N) is 1. The third-order valence-electron chi connectivity index (χ3n) is 2.78. The van der Waals surface area contributed by atoms with Crippen LogP contribution in [0.15, 0.2) is 12.5 Å². The summed E-state index contributed by atoms with van der Waals surface area (Å²) in [5.41, 5.74) is 1.24. The van der Waals surface area contributed by atoms with E-state index in [0.717, 1.165) is 19.2 Å². The Kier molecular flexibility index (Phi) is 3.38. The average Bonchev–Trinajstić information content (AvgIpc) is 2.93. The van der Waals surface area contributed by atoms with E-state index in [1.807, 2.05) is 12.5 Å². The Bertz CT molecular complexity index is 307. The van der Waals surface area contributed by atoms with E-state index >= 15 is 0 Å². The number of imidazole rings is 1. The fraction of sp³-hybridized carbons (Fsp3) is 0.727. The number of hydrogen-bond acceptors (Lipinski definition) is 3. The summed E-state index contributed by atoms with van der Waals surface area (Å²) in [4.78, 5) is 4.19. The van der Waals surface area contributed by atoms with Crippen LogP contribution in [0.1, 0.15) is 31.5 Å². The van der Waals surface area contributed by atoms with E-state index in [-0.39, 0.29) is 0 Å². The van der Waals surface area contributed by atoms with Crippen molar-refractivity contribution >= 4 is 0 Å². The lowest BCUT2D eigenvalue weighted by atomic mass is 10.3. The lowest BCUT2D eigenvalue weighted by Gasteiger charge is -2.15. The second-order valence-electron chi connectivity index (χ2n) is 4.25. The van der Waals surface area contributed by atoms with Crippen LogP contribution in [0.4, 0.5) is 0 Å². The van der Waals surface area contributed by atoms with E-state index in [0.29, 0.717) is 6.04 Å². The lowest BCUT2D eigenvalue weighted by Crippen LogP contribution is -2.20. The van der Waals surface area contributed by atoms with Crippen molar-refractivity contribution in [3.63, 3.8) is 0 Å². The third-order valence-corrected chi connectivity index (χ3v) is 2.78. The minimum atomic E-state index is 0.355. The van der Waals surface area contributed by atoms with Gasteiger partial charge in [0.15, 0.2) is 0 Å². The molecular formula is C11H19N3O. The van der Waals surface area contributed by atoms with E-state index in [4.69, 9.17) is 4.74 Å². The highest BCUT2D eigenvalue weighted by Gasteiger charge is 2.20. The van der Waals surface area contributed by atoms with Crippen LogP contribution in [-0.2, 0) is 11.3 Å². The van der Waals surface area contributed by atoms with Crippen molar-refractivity contribution in [3.8, 4) is 0 Å². The van der Waals surface area contributed by atoms with Crippen molar-refractivity contribution < 1.29 is 4.74 Å². The minimum absolute atomic E-state index is 0.355. The molecule has 2 rings (SSSR count). The van der Waals surface area contributed by atoms with Gasteiger partial charge in [-0.3, -0.25) is 0 Å². The molecule has 1 aliphatic rings. The van der Waals surface area contributed by atoms with E-state index in [1.54, 1.807) is 7.11 Å². The smallest absolute Gasteiger partial charge is 0.0951 e. The Morgan fingerprint density at radius 3 is 3.13 bits per heavy atom. The number of hydrogen-bond donors (Lipinski definition) is 1. The molecule has 4 heteroatoms. The van der Waals surface area contributed by atoms with Gasteiger partial charge in [-0.15, -0.1) is 0 Å². The molecule has 0 radical (unpaired) electrons. The highest BCUT2D eigenvalue weighted by Crippen LogP contribution is 2.19. The molecular weight excluding hydrogens is 190 g/mol. The van der Waals surface area contributed by atoms with Crippen molar-refractivity contribution in [2.75, 3.05) is 13.7 Å². The summed E-state index contributed by atoms with van der Waals surface area (Å²) in [6, 6.07) is 1.10. The number of nitrogens with zero attached hydrogens (tertiary/aromatic N) is 2. The molecule has 1 heterocycles. The van der Waals surface area contributed by atoms with Crippen molar-refractivity contribution in [2.45, 2.75) is 38.4 Å². The summed E-state index contributed by atoms with van der Waals surface area (Å²) < 4.78 is 7.33. The van der Waals surface area contributed by atoms with Gasteiger partial charge in [0, 0.05) is 25.9 Å². The fourth-order valence-electron chi connectivity index (χ4n) is 1.72. The SMILES string of the molecule is COCC(C)n1cncc1CNC1CC1. The minimum Gasteiger partial charge on any atom is -0.383 e. The topological polar surface area (TPSA) is 39.1 Å². The van der Waals surface area contributed by atoms with E-state index in [2.05, 4.69) is 21.8 Å². The predicted octanol–water partition coefficient (Wildman–Crippen LogP) is 1.34. The van der Waals surface area contributed by atoms with E-state index in [9.17, 15) is 0 Å². The van der Waals surface area contributed by atoms with Gasteiger partial charge in [0.2, 0.25) is 0 Å². The molecule has 1 aromatic heterocycles. The Hall–Kier alpha value is -0.870. The first-order valence-electron chi connectivity index (χ1n) is 5.54. The zero-order chi connectivity index (χ0) is 10.7. The Morgan fingerprint density at radius 1 is 1.67 bits per heavy atom. The van der Waals surface area contributed by atoms with Crippen LogP contribution in [0.5, 0.6) is 0 Å². The van der Waals surface area contributed by atoms with Gasteiger partial charge >= 0.3 is 0 Å². The van der Waals surface area contributed by atoms with Gasteiger partial charge in [0.1, 0.15) is 0 Å². The zero-order valence-electron chi connectivity index (χ0n) is 9.44. The quantitative estimate of drug-likeness (QED) is 0.768. The molecule has 1 fully saturated rings. The molecule has 0 spiro atoms. The molecule has 1 atom stereocenters. The van der Waals surface area contributed by atoms with Crippen molar-refractivity contribution in [2.24, 2.45) is 0 Å². The second kappa shape index (κ2) is 4.77. The molecule has 1 unspecified atom stereocenters. The monoisotopic (exact) mass is 209 g/mol. The van der Waals surface area contributed by atoms with Gasteiger partial charge in [-0.05, 0) is 19.8 Å². The van der Waals surface area contributed by atoms with Crippen LogP contribution in [0.3, 0.4) is 0 Å². The molecule has 0 aliphatic heterocycles. The van der Waals surface area contributed by atoms with Crippen LogP contribution < -0.4 is 5.32 Å². The first-order chi connectivity index (χ1) is 7.31. The molecule has 1 aromatic rings. The standard InChI is InChI=1S/C11H19N3O/c1-9(7-15-2)14-8-12-5-11(14)6-13-10-3-4-10/h5,8-10,13H,3-4,6-7H2,1-2H3. The maximum Gasteiger partial charge on any atom is 0.0951 e. The fourth-order valence-corrected chi connectivity index (χ4v) is 1.72. The van der Waals surface area contributed by atoms with Crippen molar-refractivity contribution in [3.05, 3.63) is 18.2 Å². The molecule has 0 bridgehead atoms. The second-order valence-corrected chi connectivity index (χ2v) is 4.25. The number of aromatic nitrogens is 2. The highest BCUT2D eigenvalue weighted by molar-refractivity contribution is 5.01. The van der Waals surface area contributed by atoms with Crippen LogP contribution in [0, 0.1) is 0 Å². The van der Waals surface area contributed by atoms with Crippen LogP contribution in [0.2, 0.25) is 0 Å². The van der Waals surface area contributed by atoms with Gasteiger partial charge in [-0.2, -0.15) is 0 Å². The molecule has 4 nitrogen and oxygen atoms in total. The summed E-state index contributed by atoms with van der Waals surface area (Å²) in [6.45, 7) is 3.79. The molecule has 1 aliphatic carbocycles. The summed E-state index contributed by atoms with van der Waals surface area (Å²) in [5, 5.41) is 3.49. The normalized spacial score (nSPS) is 18.0. The first-order valence-corrected chi connectivity index (χ1v) is 5.54. The van der Waals surface area contributed by atoms with Gasteiger partial charge in [0.25, 0.3) is 0 Å². The van der Waals surface area contributed by atoms with Crippen LogP contribution >= 0.6 is 0 Å². The molecule has 1 saturated carbocycles. The first kappa shape index (κ1) is 10.6. The Balaban J connectivity index is 1.93. The molecule has 15 heavy (non-hydrogen) atoms. The third kappa shape index (κ3) is 2.79. The molecule has 84 valence electrons. The van der Waals surface area contributed by atoms with E-state index in [1.165, 1.54) is 18.5 Å². The highest BCUT2D eigenvalue weighted by atomic mass is 16.5. The number of ether oxygens (including phenoxy) is 1. The van der Waals surface area contributed by atoms with Gasteiger partial charge in [-0.1, -0.05) is 0 Å². The van der Waals surface area contributed by atoms with Gasteiger partial charge in [0.05, 0.1) is 24.7 Å². The summed E-state index contributed by atoms with van der Waals surface area (Å²) >= 11 is 0. The number of methoxy groups -OCH3 is 1. The largest absolute Gasteiger partial charge is 0.383 e. The summed E-state index contributed by atoms with van der Waals surface area (Å²) in [7, 11) is 1.73. The molecule has 0 amide bonds.